The van der Waals surface area contributed by atoms with Crippen molar-refractivity contribution in [2.24, 2.45) is 5.73 Å². The fraction of sp³-hybridized carbons (Fsp3) is 0.474. The van der Waals surface area contributed by atoms with Crippen LogP contribution < -0.4 is 21.7 Å². The van der Waals surface area contributed by atoms with E-state index in [-0.39, 0.29) is 18.6 Å². The molecule has 10 nitrogen and oxygen atoms in total. The van der Waals surface area contributed by atoms with Crippen LogP contribution in [0.4, 0.5) is 0 Å². The van der Waals surface area contributed by atoms with Crippen LogP contribution in [0.15, 0.2) is 24.3 Å². The molecule has 1 aromatic rings. The number of aromatic hydroxyl groups is 1. The molecule has 0 saturated heterocycles. The van der Waals surface area contributed by atoms with Gasteiger partial charge in [-0.05, 0) is 49.5 Å². The van der Waals surface area contributed by atoms with E-state index >= 15 is 0 Å². The lowest BCUT2D eigenvalue weighted by atomic mass is 10.1. The summed E-state index contributed by atoms with van der Waals surface area (Å²) in [4.78, 5) is 47.3. The van der Waals surface area contributed by atoms with E-state index in [9.17, 15) is 24.3 Å². The number of phenolic OH excluding ortho intramolecular Hbond substituents is 1. The van der Waals surface area contributed by atoms with Crippen molar-refractivity contribution in [1.29, 1.82) is 0 Å². The summed E-state index contributed by atoms with van der Waals surface area (Å²) in [6.45, 7) is 1.03. The smallest absolute Gasteiger partial charge is 0.326 e. The van der Waals surface area contributed by atoms with Crippen molar-refractivity contribution in [1.82, 2.24) is 16.0 Å². The highest BCUT2D eigenvalue weighted by atomic mass is 32.2. The van der Waals surface area contributed by atoms with Crippen molar-refractivity contribution in [2.75, 3.05) is 18.6 Å². The number of benzene rings is 1. The molecule has 3 atom stereocenters. The average molecular weight is 441 g/mol. The van der Waals surface area contributed by atoms with Gasteiger partial charge in [0.05, 0.1) is 12.6 Å². The Morgan fingerprint density at radius 2 is 1.73 bits per heavy atom. The van der Waals surface area contributed by atoms with Crippen LogP contribution in [0, 0.1) is 0 Å². The van der Waals surface area contributed by atoms with E-state index in [0.29, 0.717) is 5.75 Å². The number of rotatable bonds is 12. The monoisotopic (exact) mass is 440 g/mol. The predicted molar refractivity (Wildman–Crippen MR) is 113 cm³/mol. The normalized spacial score (nSPS) is 13.6. The van der Waals surface area contributed by atoms with Gasteiger partial charge in [0.1, 0.15) is 17.8 Å². The maximum Gasteiger partial charge on any atom is 0.326 e. The Morgan fingerprint density at radius 1 is 1.10 bits per heavy atom. The Bertz CT molecular complexity index is 743. The van der Waals surface area contributed by atoms with Crippen LogP contribution in [0.5, 0.6) is 5.75 Å². The van der Waals surface area contributed by atoms with Crippen LogP contribution in [0.2, 0.25) is 0 Å². The summed E-state index contributed by atoms with van der Waals surface area (Å²) in [5.74, 6) is -2.27. The van der Waals surface area contributed by atoms with E-state index in [1.165, 1.54) is 30.8 Å². The Labute approximate surface area is 179 Å². The van der Waals surface area contributed by atoms with E-state index < -0.39 is 48.4 Å². The minimum Gasteiger partial charge on any atom is -0.508 e. The zero-order valence-electron chi connectivity index (χ0n) is 16.9. The van der Waals surface area contributed by atoms with Crippen molar-refractivity contribution >= 4 is 35.5 Å². The van der Waals surface area contributed by atoms with Crippen LogP contribution in [-0.4, -0.2) is 70.6 Å². The van der Waals surface area contributed by atoms with Crippen LogP contribution in [0.25, 0.3) is 0 Å². The Morgan fingerprint density at radius 3 is 2.30 bits per heavy atom. The number of hydrogen-bond donors (Lipinski definition) is 6. The molecule has 3 amide bonds. The fourth-order valence-electron chi connectivity index (χ4n) is 2.42. The van der Waals surface area contributed by atoms with Crippen molar-refractivity contribution in [3.05, 3.63) is 29.8 Å². The molecule has 3 unspecified atom stereocenters. The summed E-state index contributed by atoms with van der Waals surface area (Å²) in [6.07, 6.45) is 2.31. The molecule has 0 fully saturated rings. The van der Waals surface area contributed by atoms with Gasteiger partial charge in [0.25, 0.3) is 0 Å². The van der Waals surface area contributed by atoms with Gasteiger partial charge in [0.15, 0.2) is 0 Å². The number of phenols is 1. The van der Waals surface area contributed by atoms with Gasteiger partial charge in [-0.25, -0.2) is 4.79 Å². The molecule has 1 aromatic carbocycles. The number of carbonyl (C=O) groups excluding carboxylic acids is 3. The lowest BCUT2D eigenvalue weighted by Gasteiger charge is -2.18. The molecule has 0 spiro atoms. The van der Waals surface area contributed by atoms with Crippen LogP contribution >= 0.6 is 11.8 Å². The first-order valence-corrected chi connectivity index (χ1v) is 10.7. The van der Waals surface area contributed by atoms with Gasteiger partial charge >= 0.3 is 5.97 Å². The number of carboxylic acid groups (broad SMARTS) is 1. The zero-order valence-corrected chi connectivity index (χ0v) is 17.7. The average Bonchev–Trinajstić information content (AvgIpc) is 2.70. The quantitative estimate of drug-likeness (QED) is 0.245. The lowest BCUT2D eigenvalue weighted by molar-refractivity contribution is -0.141. The molecule has 0 aliphatic heterocycles. The molecule has 0 radical (unpaired) electrons. The molecule has 30 heavy (non-hydrogen) atoms. The van der Waals surface area contributed by atoms with Gasteiger partial charge < -0.3 is 31.9 Å². The summed E-state index contributed by atoms with van der Waals surface area (Å²) in [5, 5.41) is 25.5. The van der Waals surface area contributed by atoms with Crippen molar-refractivity contribution in [2.45, 2.75) is 37.9 Å². The van der Waals surface area contributed by atoms with Gasteiger partial charge in [-0.1, -0.05) is 12.1 Å². The summed E-state index contributed by atoms with van der Waals surface area (Å²) in [5.41, 5.74) is 6.60. The first kappa shape index (κ1) is 25.2. The molecular weight excluding hydrogens is 412 g/mol. The number of nitrogens with one attached hydrogen (secondary N) is 3. The minimum atomic E-state index is -1.15. The van der Waals surface area contributed by atoms with Crippen LogP contribution in [0.1, 0.15) is 18.9 Å². The molecule has 0 heterocycles. The number of amides is 3. The third-order valence-electron chi connectivity index (χ3n) is 4.15. The van der Waals surface area contributed by atoms with Gasteiger partial charge in [-0.3, -0.25) is 14.4 Å². The molecule has 0 saturated carbocycles. The molecule has 0 aliphatic carbocycles. The number of carboxylic acids is 1. The minimum absolute atomic E-state index is 0.102. The zero-order chi connectivity index (χ0) is 22.7. The second kappa shape index (κ2) is 12.7. The molecule has 1 rings (SSSR count). The first-order chi connectivity index (χ1) is 14.1. The lowest BCUT2D eigenvalue weighted by Crippen LogP contribution is -2.52. The Balaban J connectivity index is 2.43. The topological polar surface area (TPSA) is 171 Å². The highest BCUT2D eigenvalue weighted by molar-refractivity contribution is 7.98. The van der Waals surface area contributed by atoms with E-state index in [0.717, 1.165) is 5.56 Å². The van der Waals surface area contributed by atoms with Gasteiger partial charge in [0.2, 0.25) is 17.7 Å². The highest BCUT2D eigenvalue weighted by Gasteiger charge is 2.22. The maximum atomic E-state index is 12.2. The molecule has 0 bridgehead atoms. The van der Waals surface area contributed by atoms with E-state index in [1.807, 2.05) is 6.26 Å². The van der Waals surface area contributed by atoms with Crippen LogP contribution in [-0.2, 0) is 25.6 Å². The molecule has 0 aromatic heterocycles. The number of carbonyl (C=O) groups is 4. The molecule has 0 aliphatic rings. The Kier molecular flexibility index (Phi) is 10.7. The third kappa shape index (κ3) is 9.14. The molecule has 11 heteroatoms. The van der Waals surface area contributed by atoms with Gasteiger partial charge in [-0.2, -0.15) is 11.8 Å². The van der Waals surface area contributed by atoms with Crippen molar-refractivity contribution in [3.8, 4) is 5.75 Å². The maximum absolute atomic E-state index is 12.2. The van der Waals surface area contributed by atoms with Crippen molar-refractivity contribution in [3.63, 3.8) is 0 Å². The third-order valence-corrected chi connectivity index (χ3v) is 4.79. The van der Waals surface area contributed by atoms with E-state index in [1.54, 1.807) is 12.1 Å². The molecular formula is C19H28N4O6S. The second-order valence-electron chi connectivity index (χ2n) is 6.66. The molecule has 7 N–H and O–H groups in total. The molecule has 166 valence electrons. The largest absolute Gasteiger partial charge is 0.508 e. The van der Waals surface area contributed by atoms with Gasteiger partial charge in [0, 0.05) is 0 Å². The van der Waals surface area contributed by atoms with Crippen LogP contribution in [0.3, 0.4) is 0 Å². The highest BCUT2D eigenvalue weighted by Crippen LogP contribution is 2.11. The van der Waals surface area contributed by atoms with E-state index in [4.69, 9.17) is 10.8 Å². The first-order valence-electron chi connectivity index (χ1n) is 9.26. The summed E-state index contributed by atoms with van der Waals surface area (Å²) in [6, 6.07) is 3.37. The summed E-state index contributed by atoms with van der Waals surface area (Å²) < 4.78 is 0. The number of thioether (sulfide) groups is 1. The summed E-state index contributed by atoms with van der Waals surface area (Å²) in [7, 11) is 0. The second-order valence-corrected chi connectivity index (χ2v) is 7.65. The predicted octanol–water partition coefficient (Wildman–Crippen LogP) is -0.795. The van der Waals surface area contributed by atoms with Gasteiger partial charge in [-0.15, -0.1) is 0 Å². The van der Waals surface area contributed by atoms with Crippen molar-refractivity contribution < 1.29 is 29.4 Å². The summed E-state index contributed by atoms with van der Waals surface area (Å²) >= 11 is 1.46. The standard InChI is InChI=1S/C19H28N4O6S/c1-11(22-18(27)14(20)9-12-3-5-13(24)6-4-12)17(26)21-10-16(25)23-15(19(28)29)7-8-30-2/h3-6,11,14-15,24H,7-10,20H2,1-2H3,(H,21,26)(H,22,27)(H,23,25)(H,28,29). The van der Waals surface area contributed by atoms with E-state index in [2.05, 4.69) is 16.0 Å². The number of nitrogens with two attached hydrogens (primary N) is 1. The number of aliphatic carboxylic acids is 1. The number of hydrogen-bond acceptors (Lipinski definition) is 7. The SMILES string of the molecule is CSCCC(NC(=O)CNC(=O)C(C)NC(=O)C(N)Cc1ccc(O)cc1)C(=O)O. The Hall–Kier alpha value is -2.79. The fourth-order valence-corrected chi connectivity index (χ4v) is 2.89.